The fourth-order valence-electron chi connectivity index (χ4n) is 3.48. The molecule has 0 aliphatic heterocycles. The quantitative estimate of drug-likeness (QED) is 0.396. The summed E-state index contributed by atoms with van der Waals surface area (Å²) in [5, 5.41) is 7.51. The maximum absolute atomic E-state index is 13.8. The Hall–Kier alpha value is -3.56. The molecule has 0 atom stereocenters. The molecule has 1 aromatic heterocycles. The molecule has 0 unspecified atom stereocenters. The lowest BCUT2D eigenvalue weighted by atomic mass is 10.2. The van der Waals surface area contributed by atoms with Gasteiger partial charge >= 0.3 is 0 Å². The van der Waals surface area contributed by atoms with Gasteiger partial charge in [0, 0.05) is 30.4 Å². The molecule has 1 heterocycles. The van der Waals surface area contributed by atoms with E-state index in [1.54, 1.807) is 50.7 Å². The van der Waals surface area contributed by atoms with E-state index in [2.05, 4.69) is 10.2 Å². The van der Waals surface area contributed by atoms with Crippen LogP contribution in [0.2, 0.25) is 0 Å². The Balaban J connectivity index is 1.76. The van der Waals surface area contributed by atoms with Gasteiger partial charge in [-0.25, -0.2) is 8.42 Å². The number of rotatable bonds is 8. The van der Waals surface area contributed by atoms with E-state index < -0.39 is 10.0 Å². The van der Waals surface area contributed by atoms with Crippen LogP contribution < -0.4 is 15.2 Å². The second kappa shape index (κ2) is 8.89. The van der Waals surface area contributed by atoms with Gasteiger partial charge in [-0.2, -0.15) is 9.40 Å². The number of fused-ring (bicyclic) bond motifs is 1. The minimum atomic E-state index is -3.94. The Morgan fingerprint density at radius 3 is 1.94 bits per heavy atom. The lowest BCUT2D eigenvalue weighted by Crippen LogP contribution is -2.30. The third-order valence-corrected chi connectivity index (χ3v) is 6.98. The van der Waals surface area contributed by atoms with Crippen LogP contribution in [0.25, 0.3) is 10.9 Å². The van der Waals surface area contributed by atoms with Crippen molar-refractivity contribution < 1.29 is 17.9 Å². The van der Waals surface area contributed by atoms with Crippen LogP contribution >= 0.6 is 0 Å². The highest BCUT2D eigenvalue weighted by Crippen LogP contribution is 2.29. The molecule has 32 heavy (non-hydrogen) atoms. The van der Waals surface area contributed by atoms with Gasteiger partial charge in [-0.05, 0) is 47.5 Å². The number of anilines is 1. The highest BCUT2D eigenvalue weighted by Gasteiger charge is 2.28. The first-order valence-corrected chi connectivity index (χ1v) is 11.3. The summed E-state index contributed by atoms with van der Waals surface area (Å²) >= 11 is 0. The molecule has 8 nitrogen and oxygen atoms in total. The molecular formula is C23H24N4O4S. The average molecular weight is 453 g/mol. The fourth-order valence-corrected chi connectivity index (χ4v) is 5.09. The number of sulfonamides is 1. The maximum atomic E-state index is 13.8. The first kappa shape index (κ1) is 21.7. The van der Waals surface area contributed by atoms with Gasteiger partial charge in [0.2, 0.25) is 10.0 Å². The van der Waals surface area contributed by atoms with Crippen LogP contribution in [-0.2, 0) is 23.1 Å². The molecule has 0 bridgehead atoms. The van der Waals surface area contributed by atoms with Crippen LogP contribution in [0.1, 0.15) is 11.1 Å². The van der Waals surface area contributed by atoms with Gasteiger partial charge < -0.3 is 15.2 Å². The molecule has 3 N–H and O–H groups in total. The first-order valence-electron chi connectivity index (χ1n) is 9.90. The summed E-state index contributed by atoms with van der Waals surface area (Å²) in [6.07, 6.45) is 1.63. The highest BCUT2D eigenvalue weighted by atomic mass is 32.2. The Labute approximate surface area is 186 Å². The zero-order chi connectivity index (χ0) is 22.7. The smallest absolute Gasteiger partial charge is 0.246 e. The van der Waals surface area contributed by atoms with Gasteiger partial charge in [0.1, 0.15) is 21.9 Å². The number of H-pyrrole nitrogens is 1. The van der Waals surface area contributed by atoms with Crippen LogP contribution in [-0.4, -0.2) is 37.1 Å². The highest BCUT2D eigenvalue weighted by molar-refractivity contribution is 7.89. The van der Waals surface area contributed by atoms with E-state index in [1.165, 1.54) is 10.4 Å². The van der Waals surface area contributed by atoms with Gasteiger partial charge in [0.25, 0.3) is 0 Å². The van der Waals surface area contributed by atoms with E-state index in [9.17, 15) is 8.42 Å². The molecule has 4 aromatic rings. The number of hydrogen-bond acceptors (Lipinski definition) is 6. The van der Waals surface area contributed by atoms with E-state index in [1.807, 2.05) is 24.3 Å². The summed E-state index contributed by atoms with van der Waals surface area (Å²) in [7, 11) is -0.764. The summed E-state index contributed by atoms with van der Waals surface area (Å²) in [5.74, 6) is 1.40. The minimum absolute atomic E-state index is 0.0655. The number of nitrogen functional groups attached to an aromatic ring is 1. The fraction of sp³-hybridized carbons (Fsp3) is 0.174. The number of hydrogen-bond donors (Lipinski definition) is 2. The molecule has 4 rings (SSSR count). The Bertz CT molecular complexity index is 1270. The van der Waals surface area contributed by atoms with Gasteiger partial charge in [-0.1, -0.05) is 24.3 Å². The Kier molecular flexibility index (Phi) is 6.02. The SMILES string of the molecule is COc1ccc(CN(Cc2ccc(OC)cc2)S(=O)(=O)c2cc(N)cc3c[nH]nc23)cc1. The van der Waals surface area contributed by atoms with Crippen LogP contribution in [0.5, 0.6) is 11.5 Å². The molecule has 0 saturated carbocycles. The predicted molar refractivity (Wildman–Crippen MR) is 123 cm³/mol. The number of aromatic amines is 1. The number of methoxy groups -OCH3 is 2. The number of benzene rings is 3. The molecular weight excluding hydrogens is 428 g/mol. The third kappa shape index (κ3) is 4.39. The van der Waals surface area contributed by atoms with Gasteiger partial charge in [0.15, 0.2) is 0 Å². The van der Waals surface area contributed by atoms with Crippen molar-refractivity contribution in [2.45, 2.75) is 18.0 Å². The molecule has 0 aliphatic carbocycles. The van der Waals surface area contributed by atoms with Crippen molar-refractivity contribution in [3.05, 3.63) is 78.0 Å². The van der Waals surface area contributed by atoms with E-state index in [0.717, 1.165) is 11.1 Å². The minimum Gasteiger partial charge on any atom is -0.497 e. The zero-order valence-electron chi connectivity index (χ0n) is 17.8. The van der Waals surface area contributed by atoms with Gasteiger partial charge in [-0.15, -0.1) is 0 Å². The van der Waals surface area contributed by atoms with Crippen molar-refractivity contribution in [2.24, 2.45) is 0 Å². The van der Waals surface area contributed by atoms with E-state index in [0.29, 0.717) is 28.1 Å². The summed E-state index contributed by atoms with van der Waals surface area (Å²) in [6.45, 7) is 0.331. The number of nitrogens with two attached hydrogens (primary N) is 1. The van der Waals surface area contributed by atoms with Crippen molar-refractivity contribution in [1.82, 2.24) is 14.5 Å². The molecule has 0 amide bonds. The summed E-state index contributed by atoms with van der Waals surface area (Å²) in [6, 6.07) is 17.7. The Morgan fingerprint density at radius 1 is 0.906 bits per heavy atom. The lowest BCUT2D eigenvalue weighted by Gasteiger charge is -2.23. The van der Waals surface area contributed by atoms with Gasteiger partial charge in [-0.3, -0.25) is 5.10 Å². The average Bonchev–Trinajstić information content (AvgIpc) is 3.27. The van der Waals surface area contributed by atoms with Gasteiger partial charge in [0.05, 0.1) is 14.2 Å². The number of nitrogens with zero attached hydrogens (tertiary/aromatic N) is 2. The molecule has 9 heteroatoms. The monoisotopic (exact) mass is 452 g/mol. The van der Waals surface area contributed by atoms with Crippen molar-refractivity contribution in [3.8, 4) is 11.5 Å². The topological polar surface area (TPSA) is 111 Å². The van der Waals surface area contributed by atoms with E-state index in [-0.39, 0.29) is 18.0 Å². The molecule has 0 radical (unpaired) electrons. The lowest BCUT2D eigenvalue weighted by molar-refractivity contribution is 0.398. The maximum Gasteiger partial charge on any atom is 0.246 e. The normalized spacial score (nSPS) is 11.7. The predicted octanol–water partition coefficient (Wildman–Crippen LogP) is 3.55. The van der Waals surface area contributed by atoms with Crippen LogP contribution in [0.15, 0.2) is 71.8 Å². The molecule has 0 spiro atoms. The third-order valence-electron chi connectivity index (χ3n) is 5.18. The first-order chi connectivity index (χ1) is 15.4. The summed E-state index contributed by atoms with van der Waals surface area (Å²) in [4.78, 5) is 0.0655. The number of aromatic nitrogens is 2. The largest absolute Gasteiger partial charge is 0.497 e. The van der Waals surface area contributed by atoms with Crippen LogP contribution in [0.3, 0.4) is 0 Å². The second-order valence-electron chi connectivity index (χ2n) is 7.31. The van der Waals surface area contributed by atoms with Crippen molar-refractivity contribution >= 4 is 26.6 Å². The van der Waals surface area contributed by atoms with Crippen molar-refractivity contribution in [1.29, 1.82) is 0 Å². The molecule has 3 aromatic carbocycles. The number of ether oxygens (including phenoxy) is 2. The zero-order valence-corrected chi connectivity index (χ0v) is 18.6. The van der Waals surface area contributed by atoms with Crippen molar-refractivity contribution in [2.75, 3.05) is 20.0 Å². The van der Waals surface area contributed by atoms with E-state index >= 15 is 0 Å². The molecule has 0 aliphatic rings. The molecule has 0 fully saturated rings. The van der Waals surface area contributed by atoms with Crippen LogP contribution in [0.4, 0.5) is 5.69 Å². The summed E-state index contributed by atoms with van der Waals surface area (Å²) < 4.78 is 39.5. The second-order valence-corrected chi connectivity index (χ2v) is 9.22. The standard InChI is InChI=1S/C23H24N4O4S/c1-30-20-7-3-16(4-8-20)14-27(15-17-5-9-21(31-2)10-6-17)32(28,29)22-12-19(24)11-18-13-25-26-23(18)22/h3-13H,14-15,24H2,1-2H3,(H,25,26). The summed E-state index contributed by atoms with van der Waals surface area (Å²) in [5.41, 5.74) is 8.35. The molecule has 0 saturated heterocycles. The van der Waals surface area contributed by atoms with E-state index in [4.69, 9.17) is 15.2 Å². The van der Waals surface area contributed by atoms with Crippen molar-refractivity contribution in [3.63, 3.8) is 0 Å². The number of nitrogens with one attached hydrogen (secondary N) is 1. The van der Waals surface area contributed by atoms with Crippen LogP contribution in [0, 0.1) is 0 Å². The Morgan fingerprint density at radius 2 is 1.44 bits per heavy atom. The molecule has 166 valence electrons.